The zero-order chi connectivity index (χ0) is 23.5. The van der Waals surface area contributed by atoms with Crippen LogP contribution < -0.4 is 20.5 Å². The van der Waals surface area contributed by atoms with E-state index in [2.05, 4.69) is 5.32 Å². The lowest BCUT2D eigenvalue weighted by Crippen LogP contribution is -2.47. The molecular formula is C26H28N2O5. The third-order valence-electron chi connectivity index (χ3n) is 4.88. The quantitative estimate of drug-likeness (QED) is 0.444. The third kappa shape index (κ3) is 7.66. The monoisotopic (exact) mass is 448 g/mol. The zero-order valence-corrected chi connectivity index (χ0v) is 18.5. The van der Waals surface area contributed by atoms with Crippen molar-refractivity contribution < 1.29 is 23.8 Å². The lowest BCUT2D eigenvalue weighted by molar-refractivity contribution is -0.129. The maximum atomic E-state index is 11.9. The molecule has 1 atom stereocenters. The second-order valence-corrected chi connectivity index (χ2v) is 7.49. The summed E-state index contributed by atoms with van der Waals surface area (Å²) in [6.07, 6.45) is 0.214. The molecule has 0 saturated heterocycles. The number of methoxy groups -OCH3 is 1. The number of carbonyl (C=O) groups excluding carboxylic acids is 2. The van der Waals surface area contributed by atoms with Crippen LogP contribution in [0.2, 0.25) is 0 Å². The highest BCUT2D eigenvalue weighted by Gasteiger charge is 2.19. The van der Waals surface area contributed by atoms with E-state index in [1.165, 1.54) is 7.11 Å². The maximum Gasteiger partial charge on any atom is 0.246 e. The predicted molar refractivity (Wildman–Crippen MR) is 125 cm³/mol. The molecule has 7 nitrogen and oxygen atoms in total. The van der Waals surface area contributed by atoms with E-state index in [1.807, 2.05) is 72.8 Å². The van der Waals surface area contributed by atoms with Crippen LogP contribution in [0.25, 0.3) is 0 Å². The van der Waals surface area contributed by atoms with Crippen molar-refractivity contribution in [1.29, 1.82) is 0 Å². The summed E-state index contributed by atoms with van der Waals surface area (Å²) < 4.78 is 16.9. The van der Waals surface area contributed by atoms with E-state index in [0.29, 0.717) is 24.7 Å². The van der Waals surface area contributed by atoms with Crippen LogP contribution in [-0.4, -0.2) is 31.6 Å². The van der Waals surface area contributed by atoms with Crippen molar-refractivity contribution in [3.8, 4) is 11.5 Å². The largest absolute Gasteiger partial charge is 0.485 e. The molecule has 2 amide bonds. The van der Waals surface area contributed by atoms with Gasteiger partial charge < -0.3 is 25.3 Å². The number of amides is 2. The Balaban J connectivity index is 1.77. The van der Waals surface area contributed by atoms with Crippen molar-refractivity contribution >= 4 is 11.8 Å². The van der Waals surface area contributed by atoms with E-state index in [0.717, 1.165) is 16.7 Å². The number of ether oxygens (including phenoxy) is 3. The van der Waals surface area contributed by atoms with Crippen LogP contribution >= 0.6 is 0 Å². The molecule has 7 heteroatoms. The molecule has 0 aliphatic heterocycles. The number of nitrogens with two attached hydrogens (primary N) is 1. The molecule has 0 aliphatic rings. The average molecular weight is 449 g/mol. The van der Waals surface area contributed by atoms with Crippen LogP contribution in [0.4, 0.5) is 0 Å². The first kappa shape index (κ1) is 23.8. The SMILES string of the molecule is COCC(=O)N[C@H](Cc1ccc(OCc2ccccc2)c(OCc2ccccc2)c1)C(N)=O. The summed E-state index contributed by atoms with van der Waals surface area (Å²) in [5, 5.41) is 2.59. The molecule has 0 spiro atoms. The number of benzene rings is 3. The number of carbonyl (C=O) groups is 2. The van der Waals surface area contributed by atoms with Gasteiger partial charge >= 0.3 is 0 Å². The van der Waals surface area contributed by atoms with Crippen molar-refractivity contribution in [1.82, 2.24) is 5.32 Å². The summed E-state index contributed by atoms with van der Waals surface area (Å²) in [6, 6.07) is 24.2. The third-order valence-corrected chi connectivity index (χ3v) is 4.88. The Bertz CT molecular complexity index is 1040. The van der Waals surface area contributed by atoms with Gasteiger partial charge in [0.2, 0.25) is 11.8 Å². The van der Waals surface area contributed by atoms with E-state index >= 15 is 0 Å². The number of primary amides is 1. The molecule has 0 unspecified atom stereocenters. The maximum absolute atomic E-state index is 11.9. The minimum atomic E-state index is -0.870. The van der Waals surface area contributed by atoms with Gasteiger partial charge in [-0.1, -0.05) is 66.7 Å². The highest BCUT2D eigenvalue weighted by molar-refractivity contribution is 5.87. The summed E-state index contributed by atoms with van der Waals surface area (Å²) in [7, 11) is 1.41. The minimum absolute atomic E-state index is 0.151. The highest BCUT2D eigenvalue weighted by Crippen LogP contribution is 2.30. The average Bonchev–Trinajstić information content (AvgIpc) is 2.83. The van der Waals surface area contributed by atoms with Crippen molar-refractivity contribution in [3.63, 3.8) is 0 Å². The number of hydrogen-bond acceptors (Lipinski definition) is 5. The summed E-state index contributed by atoms with van der Waals surface area (Å²) in [5.41, 5.74) is 8.31. The summed E-state index contributed by atoms with van der Waals surface area (Å²) >= 11 is 0. The van der Waals surface area contributed by atoms with Crippen LogP contribution in [-0.2, 0) is 34.0 Å². The smallest absolute Gasteiger partial charge is 0.246 e. The molecule has 0 fully saturated rings. The summed E-state index contributed by atoms with van der Waals surface area (Å²) in [5.74, 6) is 0.0802. The Morgan fingerprint density at radius 3 is 1.94 bits per heavy atom. The van der Waals surface area contributed by atoms with Gasteiger partial charge in [-0.15, -0.1) is 0 Å². The number of hydrogen-bond donors (Lipinski definition) is 2. The normalized spacial score (nSPS) is 11.4. The fraction of sp³-hybridized carbons (Fsp3) is 0.231. The molecule has 0 aromatic heterocycles. The van der Waals surface area contributed by atoms with Gasteiger partial charge in [0.05, 0.1) is 0 Å². The van der Waals surface area contributed by atoms with Crippen molar-refractivity contribution in [2.75, 3.05) is 13.7 Å². The molecular weight excluding hydrogens is 420 g/mol. The van der Waals surface area contributed by atoms with Crippen LogP contribution in [0, 0.1) is 0 Å². The highest BCUT2D eigenvalue weighted by atomic mass is 16.5. The second-order valence-electron chi connectivity index (χ2n) is 7.49. The van der Waals surface area contributed by atoms with Gasteiger partial charge in [0, 0.05) is 13.5 Å². The molecule has 3 aromatic rings. The van der Waals surface area contributed by atoms with Crippen LogP contribution in [0.5, 0.6) is 11.5 Å². The second kappa shape index (κ2) is 12.3. The first-order valence-electron chi connectivity index (χ1n) is 10.6. The van der Waals surface area contributed by atoms with Gasteiger partial charge in [-0.3, -0.25) is 9.59 Å². The van der Waals surface area contributed by atoms with Crippen LogP contribution in [0.3, 0.4) is 0 Å². The minimum Gasteiger partial charge on any atom is -0.485 e. The fourth-order valence-corrected chi connectivity index (χ4v) is 3.21. The molecule has 0 saturated carbocycles. The van der Waals surface area contributed by atoms with E-state index in [4.69, 9.17) is 19.9 Å². The molecule has 0 heterocycles. The Hall–Kier alpha value is -3.84. The Labute approximate surface area is 193 Å². The van der Waals surface area contributed by atoms with E-state index < -0.39 is 17.9 Å². The zero-order valence-electron chi connectivity index (χ0n) is 18.5. The fourth-order valence-electron chi connectivity index (χ4n) is 3.21. The van der Waals surface area contributed by atoms with Gasteiger partial charge in [-0.2, -0.15) is 0 Å². The van der Waals surface area contributed by atoms with Crippen molar-refractivity contribution in [3.05, 3.63) is 95.6 Å². The Morgan fingerprint density at radius 1 is 0.818 bits per heavy atom. The van der Waals surface area contributed by atoms with Gasteiger partial charge in [-0.05, 0) is 28.8 Å². The molecule has 0 radical (unpaired) electrons. The van der Waals surface area contributed by atoms with Gasteiger partial charge in [0.25, 0.3) is 0 Å². The Kier molecular flexibility index (Phi) is 8.85. The van der Waals surface area contributed by atoms with Crippen molar-refractivity contribution in [2.24, 2.45) is 5.73 Å². The van der Waals surface area contributed by atoms with E-state index in [1.54, 1.807) is 6.07 Å². The van der Waals surface area contributed by atoms with Crippen LogP contribution in [0.1, 0.15) is 16.7 Å². The van der Waals surface area contributed by atoms with Gasteiger partial charge in [-0.25, -0.2) is 0 Å². The van der Waals surface area contributed by atoms with Gasteiger partial charge in [0.1, 0.15) is 25.9 Å². The molecule has 0 bridgehead atoms. The van der Waals surface area contributed by atoms with E-state index in [9.17, 15) is 9.59 Å². The lowest BCUT2D eigenvalue weighted by Gasteiger charge is -2.18. The predicted octanol–water partition coefficient (Wildman–Crippen LogP) is 3.00. The van der Waals surface area contributed by atoms with Crippen molar-refractivity contribution in [2.45, 2.75) is 25.7 Å². The topological polar surface area (TPSA) is 99.9 Å². The van der Waals surface area contributed by atoms with E-state index in [-0.39, 0.29) is 13.0 Å². The molecule has 0 aliphatic carbocycles. The molecule has 33 heavy (non-hydrogen) atoms. The molecule has 3 aromatic carbocycles. The van der Waals surface area contributed by atoms with Crippen LogP contribution in [0.15, 0.2) is 78.9 Å². The molecule has 3 N–H and O–H groups in total. The summed E-state index contributed by atoms with van der Waals surface area (Å²) in [6.45, 7) is 0.593. The Morgan fingerprint density at radius 2 is 1.39 bits per heavy atom. The lowest BCUT2D eigenvalue weighted by atomic mass is 10.0. The standard InChI is InChI=1S/C26H28N2O5/c1-31-18-25(29)28-22(26(27)30)14-21-12-13-23(32-16-19-8-4-2-5-9-19)24(15-21)33-17-20-10-6-3-7-11-20/h2-13,15,22H,14,16-18H2,1H3,(H2,27,30)(H,28,29)/t22-/m1/s1. The number of nitrogens with one attached hydrogen (secondary N) is 1. The molecule has 3 rings (SSSR count). The number of rotatable bonds is 12. The van der Waals surface area contributed by atoms with Gasteiger partial charge in [0.15, 0.2) is 11.5 Å². The first-order valence-corrected chi connectivity index (χ1v) is 10.6. The summed E-state index contributed by atoms with van der Waals surface area (Å²) in [4.78, 5) is 23.7. The first-order chi connectivity index (χ1) is 16.0. The molecule has 172 valence electrons.